The second kappa shape index (κ2) is 4.76. The maximum absolute atomic E-state index is 13.1. The van der Waals surface area contributed by atoms with E-state index in [9.17, 15) is 13.2 Å². The molecule has 0 aromatic heterocycles. The van der Waals surface area contributed by atoms with Gasteiger partial charge in [-0.25, -0.2) is 0 Å². The van der Waals surface area contributed by atoms with Gasteiger partial charge in [0.1, 0.15) is 0 Å². The highest BCUT2D eigenvalue weighted by molar-refractivity contribution is 5.41. The van der Waals surface area contributed by atoms with Crippen molar-refractivity contribution in [2.45, 2.75) is 51.2 Å². The van der Waals surface area contributed by atoms with Crippen molar-refractivity contribution in [3.63, 3.8) is 0 Å². The van der Waals surface area contributed by atoms with Crippen LogP contribution in [0.5, 0.6) is 0 Å². The number of hydrogen-bond acceptors (Lipinski definition) is 1. The fraction of sp³-hybridized carbons (Fsp3) is 0.625. The van der Waals surface area contributed by atoms with Crippen LogP contribution < -0.4 is 5.32 Å². The highest BCUT2D eigenvalue weighted by Gasteiger charge is 2.54. The van der Waals surface area contributed by atoms with Crippen molar-refractivity contribution >= 4 is 0 Å². The highest BCUT2D eigenvalue weighted by atomic mass is 19.4. The van der Waals surface area contributed by atoms with Gasteiger partial charge in [-0.1, -0.05) is 25.1 Å². The maximum Gasteiger partial charge on any atom is 0.416 e. The minimum Gasteiger partial charge on any atom is -0.312 e. The van der Waals surface area contributed by atoms with Crippen LogP contribution in [-0.2, 0) is 11.6 Å². The molecule has 1 aromatic carbocycles. The average molecular weight is 285 g/mol. The standard InChI is InChI=1S/C16H22F3N/c1-14(2,3)20-10-11-9-15(11,4)12-7-5-6-8-13(12)16(17,18)19/h5-8,11,20H,9-10H2,1-4H3. The summed E-state index contributed by atoms with van der Waals surface area (Å²) in [7, 11) is 0. The second-order valence-corrected chi connectivity index (χ2v) is 6.99. The molecule has 1 aromatic rings. The van der Waals surface area contributed by atoms with E-state index < -0.39 is 11.7 Å². The van der Waals surface area contributed by atoms with Crippen molar-refractivity contribution in [3.05, 3.63) is 35.4 Å². The number of nitrogens with one attached hydrogen (secondary N) is 1. The van der Waals surface area contributed by atoms with Crippen LogP contribution >= 0.6 is 0 Å². The minimum absolute atomic E-state index is 0.00690. The summed E-state index contributed by atoms with van der Waals surface area (Å²) < 4.78 is 39.3. The lowest BCUT2D eigenvalue weighted by atomic mass is 9.90. The number of alkyl halides is 3. The third-order valence-electron chi connectivity index (χ3n) is 4.14. The molecule has 1 nitrogen and oxygen atoms in total. The van der Waals surface area contributed by atoms with Crippen LogP contribution in [0.25, 0.3) is 0 Å². The summed E-state index contributed by atoms with van der Waals surface area (Å²) in [6, 6.07) is 5.97. The van der Waals surface area contributed by atoms with Crippen molar-refractivity contribution in [2.24, 2.45) is 5.92 Å². The van der Waals surface area contributed by atoms with E-state index in [0.29, 0.717) is 5.56 Å². The van der Waals surface area contributed by atoms with E-state index in [1.165, 1.54) is 12.1 Å². The van der Waals surface area contributed by atoms with Crippen LogP contribution in [-0.4, -0.2) is 12.1 Å². The van der Waals surface area contributed by atoms with Gasteiger partial charge in [-0.05, 0) is 56.7 Å². The first-order valence-corrected chi connectivity index (χ1v) is 6.96. The van der Waals surface area contributed by atoms with Crippen LogP contribution in [0.3, 0.4) is 0 Å². The van der Waals surface area contributed by atoms with Gasteiger partial charge in [-0.2, -0.15) is 13.2 Å². The molecule has 1 N–H and O–H groups in total. The Morgan fingerprint density at radius 1 is 1.20 bits per heavy atom. The fourth-order valence-electron chi connectivity index (χ4n) is 2.74. The van der Waals surface area contributed by atoms with E-state index in [4.69, 9.17) is 0 Å². The molecule has 20 heavy (non-hydrogen) atoms. The van der Waals surface area contributed by atoms with Crippen molar-refractivity contribution in [2.75, 3.05) is 6.54 Å². The lowest BCUT2D eigenvalue weighted by molar-refractivity contribution is -0.138. The predicted molar refractivity (Wildman–Crippen MR) is 74.7 cm³/mol. The van der Waals surface area contributed by atoms with Gasteiger partial charge in [0.15, 0.2) is 0 Å². The van der Waals surface area contributed by atoms with E-state index in [1.54, 1.807) is 12.1 Å². The molecule has 1 fully saturated rings. The minimum atomic E-state index is -4.27. The molecule has 1 aliphatic carbocycles. The molecule has 2 rings (SSSR count). The van der Waals surface area contributed by atoms with Crippen LogP contribution in [0.1, 0.15) is 45.2 Å². The van der Waals surface area contributed by atoms with E-state index in [-0.39, 0.29) is 16.9 Å². The number of hydrogen-bond donors (Lipinski definition) is 1. The summed E-state index contributed by atoms with van der Waals surface area (Å²) in [6.07, 6.45) is -3.46. The molecule has 0 bridgehead atoms. The van der Waals surface area contributed by atoms with Gasteiger partial charge in [-0.15, -0.1) is 0 Å². The van der Waals surface area contributed by atoms with Gasteiger partial charge in [0.2, 0.25) is 0 Å². The second-order valence-electron chi connectivity index (χ2n) is 6.99. The first kappa shape index (κ1) is 15.4. The number of rotatable bonds is 3. The third-order valence-corrected chi connectivity index (χ3v) is 4.14. The zero-order chi connectivity index (χ0) is 15.2. The van der Waals surface area contributed by atoms with Crippen molar-refractivity contribution in [3.8, 4) is 0 Å². The van der Waals surface area contributed by atoms with Gasteiger partial charge in [-0.3, -0.25) is 0 Å². The summed E-state index contributed by atoms with van der Waals surface area (Å²) in [6.45, 7) is 8.89. The number of halogens is 3. The molecule has 4 heteroatoms. The van der Waals surface area contributed by atoms with Crippen molar-refractivity contribution in [1.82, 2.24) is 5.32 Å². The molecule has 0 amide bonds. The quantitative estimate of drug-likeness (QED) is 0.869. The smallest absolute Gasteiger partial charge is 0.312 e. The van der Waals surface area contributed by atoms with Gasteiger partial charge >= 0.3 is 6.18 Å². The molecule has 0 saturated heterocycles. The van der Waals surface area contributed by atoms with Crippen LogP contribution in [0.2, 0.25) is 0 Å². The molecule has 0 aliphatic heterocycles. The lowest BCUT2D eigenvalue weighted by Crippen LogP contribution is -2.38. The van der Waals surface area contributed by atoms with E-state index in [1.807, 2.05) is 6.92 Å². The molecule has 2 unspecified atom stereocenters. The Kier molecular flexibility index (Phi) is 3.66. The first-order chi connectivity index (χ1) is 9.04. The molecule has 2 atom stereocenters. The summed E-state index contributed by atoms with van der Waals surface area (Å²) >= 11 is 0. The third kappa shape index (κ3) is 3.17. The lowest BCUT2D eigenvalue weighted by Gasteiger charge is -2.23. The maximum atomic E-state index is 13.1. The predicted octanol–water partition coefficient (Wildman–Crippen LogP) is 4.37. The molecule has 112 valence electrons. The normalized spacial score (nSPS) is 26.6. The Labute approximate surface area is 118 Å². The Balaban J connectivity index is 2.18. The molecule has 1 saturated carbocycles. The largest absolute Gasteiger partial charge is 0.416 e. The zero-order valence-corrected chi connectivity index (χ0v) is 12.4. The monoisotopic (exact) mass is 285 g/mol. The Hall–Kier alpha value is -1.03. The van der Waals surface area contributed by atoms with E-state index in [0.717, 1.165) is 13.0 Å². The summed E-state index contributed by atoms with van der Waals surface area (Å²) in [5, 5.41) is 3.39. The Morgan fingerprint density at radius 3 is 2.35 bits per heavy atom. The molecule has 0 heterocycles. The van der Waals surface area contributed by atoms with Gasteiger partial charge in [0.25, 0.3) is 0 Å². The molecule has 0 radical (unpaired) electrons. The van der Waals surface area contributed by atoms with E-state index in [2.05, 4.69) is 26.1 Å². The van der Waals surface area contributed by atoms with Crippen LogP contribution in [0.4, 0.5) is 13.2 Å². The first-order valence-electron chi connectivity index (χ1n) is 6.96. The summed E-state index contributed by atoms with van der Waals surface area (Å²) in [5.74, 6) is 0.269. The average Bonchev–Trinajstić information content (AvgIpc) is 2.98. The molecular weight excluding hydrogens is 263 g/mol. The summed E-state index contributed by atoms with van der Waals surface area (Å²) in [5.41, 5.74) is -0.411. The van der Waals surface area contributed by atoms with Crippen molar-refractivity contribution < 1.29 is 13.2 Å². The number of benzene rings is 1. The van der Waals surface area contributed by atoms with Crippen LogP contribution in [0, 0.1) is 5.92 Å². The fourth-order valence-corrected chi connectivity index (χ4v) is 2.74. The molecule has 0 spiro atoms. The highest BCUT2D eigenvalue weighted by Crippen LogP contribution is 2.56. The van der Waals surface area contributed by atoms with Gasteiger partial charge < -0.3 is 5.32 Å². The topological polar surface area (TPSA) is 12.0 Å². The van der Waals surface area contributed by atoms with E-state index >= 15 is 0 Å². The van der Waals surface area contributed by atoms with Crippen molar-refractivity contribution in [1.29, 1.82) is 0 Å². The SMILES string of the molecule is CC(C)(C)NCC1CC1(C)c1ccccc1C(F)(F)F. The molecule has 1 aliphatic rings. The Bertz CT molecular complexity index is 487. The zero-order valence-electron chi connectivity index (χ0n) is 12.4. The van der Waals surface area contributed by atoms with Gasteiger partial charge in [0, 0.05) is 5.54 Å². The van der Waals surface area contributed by atoms with Crippen LogP contribution in [0.15, 0.2) is 24.3 Å². The summed E-state index contributed by atoms with van der Waals surface area (Å²) in [4.78, 5) is 0. The molecular formula is C16H22F3N. The Morgan fingerprint density at radius 2 is 1.80 bits per heavy atom. The van der Waals surface area contributed by atoms with Gasteiger partial charge in [0.05, 0.1) is 5.56 Å².